The van der Waals surface area contributed by atoms with Crippen LogP contribution in [0.25, 0.3) is 0 Å². The molecule has 20 heavy (non-hydrogen) atoms. The van der Waals surface area contributed by atoms with Crippen molar-refractivity contribution in [2.24, 2.45) is 5.92 Å². The third-order valence-corrected chi connectivity index (χ3v) is 3.02. The first kappa shape index (κ1) is 16.3. The molecule has 0 saturated heterocycles. The van der Waals surface area contributed by atoms with Crippen LogP contribution in [0.15, 0.2) is 24.3 Å². The molecule has 0 heterocycles. The van der Waals surface area contributed by atoms with Gasteiger partial charge in [-0.2, -0.15) is 13.2 Å². The highest BCUT2D eigenvalue weighted by Crippen LogP contribution is 2.30. The maximum atomic E-state index is 12.4. The number of alkyl halides is 3. The van der Waals surface area contributed by atoms with Crippen LogP contribution < -0.4 is 4.74 Å². The lowest BCUT2D eigenvalue weighted by molar-refractivity contribution is -0.142. The van der Waals surface area contributed by atoms with Gasteiger partial charge in [0.15, 0.2) is 0 Å². The van der Waals surface area contributed by atoms with Gasteiger partial charge in [-0.05, 0) is 31.2 Å². The van der Waals surface area contributed by atoms with Crippen molar-refractivity contribution < 1.29 is 27.4 Å². The fraction of sp³-hybridized carbons (Fsp3) is 0.500. The Hall–Kier alpha value is -1.72. The van der Waals surface area contributed by atoms with Crippen molar-refractivity contribution in [3.05, 3.63) is 29.8 Å². The van der Waals surface area contributed by atoms with Crippen LogP contribution in [0, 0.1) is 5.92 Å². The Labute approximate surface area is 115 Å². The molecule has 3 nitrogen and oxygen atoms in total. The van der Waals surface area contributed by atoms with Gasteiger partial charge in [-0.15, -0.1) is 0 Å². The van der Waals surface area contributed by atoms with E-state index in [0.717, 1.165) is 12.1 Å². The van der Waals surface area contributed by atoms with E-state index in [1.807, 2.05) is 6.92 Å². The number of hydrogen-bond acceptors (Lipinski definition) is 3. The van der Waals surface area contributed by atoms with E-state index in [4.69, 9.17) is 4.74 Å². The Balaban J connectivity index is 2.62. The van der Waals surface area contributed by atoms with Crippen LogP contribution in [-0.2, 0) is 15.7 Å². The Kier molecular flexibility index (Phi) is 5.42. The predicted octanol–water partition coefficient (Wildman–Crippen LogP) is 3.67. The van der Waals surface area contributed by atoms with Crippen LogP contribution in [0.3, 0.4) is 0 Å². The highest BCUT2D eigenvalue weighted by Gasteiger charge is 2.30. The lowest BCUT2D eigenvalue weighted by Gasteiger charge is -2.21. The molecule has 0 saturated carbocycles. The number of halogens is 3. The minimum atomic E-state index is -4.36. The molecule has 0 aliphatic rings. The molecular weight excluding hydrogens is 273 g/mol. The number of benzene rings is 1. The topological polar surface area (TPSA) is 35.5 Å². The molecular formula is C14H17F3O3. The van der Waals surface area contributed by atoms with E-state index >= 15 is 0 Å². The van der Waals surface area contributed by atoms with Gasteiger partial charge in [0.1, 0.15) is 5.75 Å². The zero-order valence-electron chi connectivity index (χ0n) is 11.5. The summed E-state index contributed by atoms with van der Waals surface area (Å²) in [5.74, 6) is -0.118. The third kappa shape index (κ3) is 4.75. The second kappa shape index (κ2) is 6.63. The summed E-state index contributed by atoms with van der Waals surface area (Å²) in [6.07, 6.45) is -4.48. The lowest BCUT2D eigenvalue weighted by atomic mass is 10.0. The maximum absolute atomic E-state index is 12.4. The fourth-order valence-electron chi connectivity index (χ4n) is 1.57. The molecule has 1 aromatic carbocycles. The van der Waals surface area contributed by atoms with Gasteiger partial charge in [-0.1, -0.05) is 6.92 Å². The molecule has 0 amide bonds. The van der Waals surface area contributed by atoms with E-state index in [1.165, 1.54) is 19.2 Å². The first-order valence-electron chi connectivity index (χ1n) is 6.14. The highest BCUT2D eigenvalue weighted by atomic mass is 19.4. The minimum absolute atomic E-state index is 0.107. The van der Waals surface area contributed by atoms with Crippen LogP contribution in [-0.4, -0.2) is 19.2 Å². The van der Waals surface area contributed by atoms with E-state index < -0.39 is 11.7 Å². The van der Waals surface area contributed by atoms with E-state index in [9.17, 15) is 18.0 Å². The molecule has 0 aliphatic heterocycles. The lowest BCUT2D eigenvalue weighted by Crippen LogP contribution is -2.24. The van der Waals surface area contributed by atoms with Crippen molar-refractivity contribution in [3.8, 4) is 5.75 Å². The standard InChI is InChI=1S/C14H17F3O3/c1-9(8-13(18)19-3)10(2)20-12-6-4-11(5-7-12)14(15,16)17/h4-7,9-10H,8H2,1-3H3. The van der Waals surface area contributed by atoms with Gasteiger partial charge < -0.3 is 9.47 Å². The maximum Gasteiger partial charge on any atom is 0.416 e. The van der Waals surface area contributed by atoms with Gasteiger partial charge in [0, 0.05) is 5.92 Å². The number of carbonyl (C=O) groups excluding carboxylic acids is 1. The molecule has 0 bridgehead atoms. The number of rotatable bonds is 5. The molecule has 0 radical (unpaired) electrons. The second-order valence-corrected chi connectivity index (χ2v) is 4.60. The van der Waals surface area contributed by atoms with Crippen LogP contribution in [0.2, 0.25) is 0 Å². The molecule has 112 valence electrons. The molecule has 0 N–H and O–H groups in total. The van der Waals surface area contributed by atoms with Crippen molar-refractivity contribution in [1.82, 2.24) is 0 Å². The van der Waals surface area contributed by atoms with Crippen molar-refractivity contribution in [2.75, 3.05) is 7.11 Å². The van der Waals surface area contributed by atoms with Crippen LogP contribution in [0.4, 0.5) is 13.2 Å². The fourth-order valence-corrected chi connectivity index (χ4v) is 1.57. The smallest absolute Gasteiger partial charge is 0.416 e. The number of carbonyl (C=O) groups is 1. The van der Waals surface area contributed by atoms with Crippen molar-refractivity contribution in [2.45, 2.75) is 32.5 Å². The molecule has 2 unspecified atom stereocenters. The largest absolute Gasteiger partial charge is 0.490 e. The first-order chi connectivity index (χ1) is 9.24. The summed E-state index contributed by atoms with van der Waals surface area (Å²) >= 11 is 0. The SMILES string of the molecule is COC(=O)CC(C)C(C)Oc1ccc(C(F)(F)F)cc1. The van der Waals surface area contributed by atoms with Gasteiger partial charge in [-0.25, -0.2) is 0 Å². The minimum Gasteiger partial charge on any atom is -0.490 e. The summed E-state index contributed by atoms with van der Waals surface area (Å²) in [7, 11) is 1.30. The quantitative estimate of drug-likeness (QED) is 0.776. The average Bonchev–Trinajstić information content (AvgIpc) is 2.38. The van der Waals surface area contributed by atoms with Gasteiger partial charge in [0.2, 0.25) is 0 Å². The number of methoxy groups -OCH3 is 1. The zero-order chi connectivity index (χ0) is 15.3. The van der Waals surface area contributed by atoms with Crippen molar-refractivity contribution in [1.29, 1.82) is 0 Å². The Morgan fingerprint density at radius 1 is 1.20 bits per heavy atom. The molecule has 2 atom stereocenters. The van der Waals surface area contributed by atoms with Gasteiger partial charge in [-0.3, -0.25) is 4.79 Å². The molecule has 0 aliphatic carbocycles. The first-order valence-corrected chi connectivity index (χ1v) is 6.14. The predicted molar refractivity (Wildman–Crippen MR) is 67.3 cm³/mol. The highest BCUT2D eigenvalue weighted by molar-refractivity contribution is 5.69. The molecule has 6 heteroatoms. The van der Waals surface area contributed by atoms with Gasteiger partial charge >= 0.3 is 12.1 Å². The van der Waals surface area contributed by atoms with Gasteiger partial charge in [0.25, 0.3) is 0 Å². The molecule has 1 aromatic rings. The van der Waals surface area contributed by atoms with E-state index in [1.54, 1.807) is 6.92 Å². The van der Waals surface area contributed by atoms with E-state index in [0.29, 0.717) is 5.75 Å². The summed E-state index contributed by atoms with van der Waals surface area (Å²) in [5, 5.41) is 0. The summed E-state index contributed by atoms with van der Waals surface area (Å²) in [5.41, 5.74) is -0.722. The molecule has 1 rings (SSSR count). The molecule has 0 fully saturated rings. The summed E-state index contributed by atoms with van der Waals surface area (Å²) < 4.78 is 47.3. The number of hydrogen-bond donors (Lipinski definition) is 0. The van der Waals surface area contributed by atoms with Crippen molar-refractivity contribution in [3.63, 3.8) is 0 Å². The van der Waals surface area contributed by atoms with Gasteiger partial charge in [0.05, 0.1) is 25.2 Å². The van der Waals surface area contributed by atoms with Crippen LogP contribution in [0.1, 0.15) is 25.8 Å². The number of ether oxygens (including phenoxy) is 2. The Morgan fingerprint density at radius 3 is 2.20 bits per heavy atom. The molecule has 0 spiro atoms. The third-order valence-electron chi connectivity index (χ3n) is 3.02. The van der Waals surface area contributed by atoms with Crippen molar-refractivity contribution >= 4 is 5.97 Å². The average molecular weight is 290 g/mol. The van der Waals surface area contributed by atoms with Crippen LogP contribution in [0.5, 0.6) is 5.75 Å². The zero-order valence-corrected chi connectivity index (χ0v) is 11.5. The summed E-state index contributed by atoms with van der Waals surface area (Å²) in [4.78, 5) is 11.1. The van der Waals surface area contributed by atoms with Crippen LogP contribution >= 0.6 is 0 Å². The monoisotopic (exact) mass is 290 g/mol. The molecule has 0 aromatic heterocycles. The Morgan fingerprint density at radius 2 is 1.75 bits per heavy atom. The second-order valence-electron chi connectivity index (χ2n) is 4.60. The van der Waals surface area contributed by atoms with E-state index in [2.05, 4.69) is 4.74 Å². The Bertz CT molecular complexity index is 440. The normalized spacial score (nSPS) is 14.5. The number of esters is 1. The summed E-state index contributed by atoms with van der Waals surface area (Å²) in [6, 6.07) is 4.47. The summed E-state index contributed by atoms with van der Waals surface area (Å²) in [6.45, 7) is 3.57. The van der Waals surface area contributed by atoms with E-state index in [-0.39, 0.29) is 24.4 Å².